The van der Waals surface area contributed by atoms with Crippen molar-refractivity contribution in [2.75, 3.05) is 12.3 Å². The summed E-state index contributed by atoms with van der Waals surface area (Å²) in [4.78, 5) is 25.1. The van der Waals surface area contributed by atoms with E-state index in [1.807, 2.05) is 13.8 Å². The first-order chi connectivity index (χ1) is 12.2. The standard InChI is InChI=1S/C20H37NO6S/c1-17(2,3)26-14(22)12-28(24,25)20(9,10)13-11-21-19(7,8)15(13)16(23)27-18(4,5)6/h13,15,21H,11-12H2,1-10H3/t13?,15-/m0/s1. The van der Waals surface area contributed by atoms with Gasteiger partial charge in [-0.3, -0.25) is 9.59 Å². The lowest BCUT2D eigenvalue weighted by Gasteiger charge is -2.37. The Morgan fingerprint density at radius 3 is 1.86 bits per heavy atom. The molecule has 8 heteroatoms. The van der Waals surface area contributed by atoms with Gasteiger partial charge in [-0.25, -0.2) is 8.42 Å². The summed E-state index contributed by atoms with van der Waals surface area (Å²) in [5, 5.41) is 3.25. The van der Waals surface area contributed by atoms with Crippen LogP contribution >= 0.6 is 0 Å². The van der Waals surface area contributed by atoms with Crippen LogP contribution in [0.1, 0.15) is 69.2 Å². The van der Waals surface area contributed by atoms with E-state index < -0.39 is 60.9 Å². The Hall–Kier alpha value is -1.15. The van der Waals surface area contributed by atoms with Gasteiger partial charge in [0.15, 0.2) is 9.84 Å². The first kappa shape index (κ1) is 24.9. The van der Waals surface area contributed by atoms with E-state index >= 15 is 0 Å². The smallest absolute Gasteiger partial charge is 0.321 e. The third kappa shape index (κ3) is 5.92. The third-order valence-corrected chi connectivity index (χ3v) is 7.56. The minimum Gasteiger partial charge on any atom is -0.460 e. The fraction of sp³-hybridized carbons (Fsp3) is 0.900. The molecule has 2 atom stereocenters. The van der Waals surface area contributed by atoms with Crippen LogP contribution in [0.2, 0.25) is 0 Å². The highest BCUT2D eigenvalue weighted by Gasteiger charge is 2.57. The van der Waals surface area contributed by atoms with Gasteiger partial charge in [-0.05, 0) is 69.2 Å². The molecule has 1 unspecified atom stereocenters. The summed E-state index contributed by atoms with van der Waals surface area (Å²) in [7, 11) is -3.90. The molecule has 0 aliphatic carbocycles. The zero-order valence-corrected chi connectivity index (χ0v) is 19.7. The molecule has 1 rings (SSSR count). The van der Waals surface area contributed by atoms with Crippen LogP contribution in [0.5, 0.6) is 0 Å². The van der Waals surface area contributed by atoms with Crippen molar-refractivity contribution >= 4 is 21.8 Å². The highest BCUT2D eigenvalue weighted by Crippen LogP contribution is 2.42. The Kier molecular flexibility index (Phi) is 6.75. The van der Waals surface area contributed by atoms with Gasteiger partial charge in [0.2, 0.25) is 0 Å². The normalized spacial score (nSPS) is 23.4. The molecule has 0 aromatic carbocycles. The summed E-state index contributed by atoms with van der Waals surface area (Å²) in [6.07, 6.45) is 0. The number of rotatable bonds is 5. The minimum atomic E-state index is -3.90. The molecule has 1 aliphatic rings. The summed E-state index contributed by atoms with van der Waals surface area (Å²) in [5.74, 6) is -3.18. The highest BCUT2D eigenvalue weighted by atomic mass is 32.2. The average molecular weight is 420 g/mol. The molecule has 0 bridgehead atoms. The molecule has 1 N–H and O–H groups in total. The number of hydrogen-bond acceptors (Lipinski definition) is 7. The van der Waals surface area contributed by atoms with Gasteiger partial charge in [-0.1, -0.05) is 0 Å². The molecule has 0 radical (unpaired) electrons. The molecule has 0 saturated carbocycles. The average Bonchev–Trinajstić information content (AvgIpc) is 2.69. The molecule has 0 aromatic rings. The number of sulfone groups is 1. The molecule has 7 nitrogen and oxygen atoms in total. The van der Waals surface area contributed by atoms with E-state index in [4.69, 9.17) is 9.47 Å². The van der Waals surface area contributed by atoms with Crippen molar-refractivity contribution < 1.29 is 27.5 Å². The van der Waals surface area contributed by atoms with Gasteiger partial charge in [0, 0.05) is 18.0 Å². The van der Waals surface area contributed by atoms with Crippen molar-refractivity contribution in [1.82, 2.24) is 5.32 Å². The van der Waals surface area contributed by atoms with Crippen LogP contribution in [0, 0.1) is 11.8 Å². The first-order valence-corrected chi connectivity index (χ1v) is 11.3. The van der Waals surface area contributed by atoms with Crippen molar-refractivity contribution in [2.45, 2.75) is 90.7 Å². The largest absolute Gasteiger partial charge is 0.460 e. The van der Waals surface area contributed by atoms with Gasteiger partial charge >= 0.3 is 11.9 Å². The quantitative estimate of drug-likeness (QED) is 0.684. The lowest BCUT2D eigenvalue weighted by atomic mass is 9.77. The van der Waals surface area contributed by atoms with Crippen LogP contribution in [-0.2, 0) is 28.9 Å². The predicted molar refractivity (Wildman–Crippen MR) is 109 cm³/mol. The third-order valence-electron chi connectivity index (χ3n) is 5.04. The van der Waals surface area contributed by atoms with Crippen LogP contribution in [0.3, 0.4) is 0 Å². The van der Waals surface area contributed by atoms with E-state index in [9.17, 15) is 18.0 Å². The summed E-state index contributed by atoms with van der Waals surface area (Å²) in [6.45, 7) is 17.6. The van der Waals surface area contributed by atoms with Gasteiger partial charge in [-0.2, -0.15) is 0 Å². The summed E-state index contributed by atoms with van der Waals surface area (Å²) in [6, 6.07) is 0. The van der Waals surface area contributed by atoms with Crippen molar-refractivity contribution in [2.24, 2.45) is 11.8 Å². The fourth-order valence-corrected chi connectivity index (χ4v) is 4.94. The Balaban J connectivity index is 3.18. The molecule has 164 valence electrons. The Morgan fingerprint density at radius 1 is 0.964 bits per heavy atom. The lowest BCUT2D eigenvalue weighted by Crippen LogP contribution is -2.51. The molecular weight excluding hydrogens is 382 g/mol. The monoisotopic (exact) mass is 419 g/mol. The topological polar surface area (TPSA) is 98.8 Å². The lowest BCUT2D eigenvalue weighted by molar-refractivity contribution is -0.163. The zero-order valence-electron chi connectivity index (χ0n) is 18.9. The van der Waals surface area contributed by atoms with E-state index in [1.165, 1.54) is 0 Å². The number of nitrogens with one attached hydrogen (secondary N) is 1. The van der Waals surface area contributed by atoms with Crippen molar-refractivity contribution in [3.63, 3.8) is 0 Å². The van der Waals surface area contributed by atoms with Gasteiger partial charge in [0.25, 0.3) is 0 Å². The second-order valence-corrected chi connectivity index (χ2v) is 13.2. The summed E-state index contributed by atoms with van der Waals surface area (Å²) in [5.41, 5.74) is -2.09. The number of carbonyl (C=O) groups is 2. The highest BCUT2D eigenvalue weighted by molar-refractivity contribution is 7.93. The zero-order chi connectivity index (χ0) is 22.3. The van der Waals surface area contributed by atoms with Crippen LogP contribution < -0.4 is 5.32 Å². The Labute approximate surface area is 169 Å². The summed E-state index contributed by atoms with van der Waals surface area (Å²) < 4.78 is 35.7. The second kappa shape index (κ2) is 7.59. The van der Waals surface area contributed by atoms with Crippen molar-refractivity contribution in [1.29, 1.82) is 0 Å². The minimum absolute atomic E-state index is 0.331. The summed E-state index contributed by atoms with van der Waals surface area (Å²) >= 11 is 0. The second-order valence-electron chi connectivity index (χ2n) is 10.7. The Bertz CT molecular complexity index is 710. The fourth-order valence-electron chi connectivity index (χ4n) is 3.52. The molecule has 0 spiro atoms. The molecular formula is C20H37NO6S. The van der Waals surface area contributed by atoms with Crippen LogP contribution in [0.15, 0.2) is 0 Å². The van der Waals surface area contributed by atoms with Crippen LogP contribution in [0.4, 0.5) is 0 Å². The maximum absolute atomic E-state index is 13.1. The molecule has 1 fully saturated rings. The molecule has 0 amide bonds. The number of esters is 2. The van der Waals surface area contributed by atoms with E-state index in [0.717, 1.165) is 0 Å². The number of carbonyl (C=O) groups excluding carboxylic acids is 2. The van der Waals surface area contributed by atoms with Gasteiger partial charge in [0.1, 0.15) is 17.0 Å². The molecule has 1 heterocycles. The maximum atomic E-state index is 13.1. The van der Waals surface area contributed by atoms with Crippen molar-refractivity contribution in [3.05, 3.63) is 0 Å². The number of hydrogen-bond donors (Lipinski definition) is 1. The van der Waals surface area contributed by atoms with Crippen LogP contribution in [-0.4, -0.2) is 54.1 Å². The molecule has 1 saturated heterocycles. The Morgan fingerprint density at radius 2 is 1.43 bits per heavy atom. The predicted octanol–water partition coefficient (Wildman–Crippen LogP) is 2.48. The van der Waals surface area contributed by atoms with E-state index in [2.05, 4.69) is 5.32 Å². The molecule has 1 aliphatic heterocycles. The van der Waals surface area contributed by atoms with Gasteiger partial charge in [-0.15, -0.1) is 0 Å². The van der Waals surface area contributed by atoms with Crippen LogP contribution in [0.25, 0.3) is 0 Å². The number of ether oxygens (including phenoxy) is 2. The van der Waals surface area contributed by atoms with Gasteiger partial charge in [0.05, 0.1) is 10.7 Å². The van der Waals surface area contributed by atoms with E-state index in [0.29, 0.717) is 6.54 Å². The molecule has 28 heavy (non-hydrogen) atoms. The van der Waals surface area contributed by atoms with E-state index in [1.54, 1.807) is 55.4 Å². The van der Waals surface area contributed by atoms with Crippen molar-refractivity contribution in [3.8, 4) is 0 Å². The first-order valence-electron chi connectivity index (χ1n) is 9.62. The van der Waals surface area contributed by atoms with E-state index in [-0.39, 0.29) is 0 Å². The van der Waals surface area contributed by atoms with Gasteiger partial charge < -0.3 is 14.8 Å². The molecule has 0 aromatic heterocycles. The maximum Gasteiger partial charge on any atom is 0.321 e. The SMILES string of the molecule is CC(C)(C)OC(=O)CS(=O)(=O)C(C)(C)C1CNC(C)(C)[C@@H]1C(=O)OC(C)(C)C.